The second-order valence-electron chi connectivity index (χ2n) is 4.27. The topological polar surface area (TPSA) is 95.5 Å². The molecule has 18 heavy (non-hydrogen) atoms. The lowest BCUT2D eigenvalue weighted by Crippen LogP contribution is -2.44. The van der Waals surface area contributed by atoms with E-state index in [1.165, 1.54) is 6.92 Å². The summed E-state index contributed by atoms with van der Waals surface area (Å²) in [6.45, 7) is 3.55. The maximum atomic E-state index is 11.5. The van der Waals surface area contributed by atoms with Crippen LogP contribution in [0.15, 0.2) is 0 Å². The number of nitrogens with one attached hydrogen (secondary N) is 2. The summed E-state index contributed by atoms with van der Waals surface area (Å²) in [5, 5.41) is 13.6. The first kappa shape index (κ1) is 16.4. The molecule has 0 saturated carbocycles. The normalized spacial score (nSPS) is 11.7. The molecule has 0 aliphatic heterocycles. The molecule has 0 spiro atoms. The van der Waals surface area contributed by atoms with E-state index in [0.29, 0.717) is 13.0 Å². The molecule has 0 rings (SSSR count). The lowest BCUT2D eigenvalue weighted by atomic mass is 10.1. The number of rotatable bonds is 9. The number of amides is 2. The SMILES string of the molecule is CC(=O)NC(C)C(=O)NCCCCCCC(=O)O. The van der Waals surface area contributed by atoms with E-state index in [1.807, 2.05) is 0 Å². The van der Waals surface area contributed by atoms with Crippen LogP contribution in [0.4, 0.5) is 0 Å². The molecule has 0 aromatic carbocycles. The Labute approximate surface area is 107 Å². The van der Waals surface area contributed by atoms with Gasteiger partial charge in [0.15, 0.2) is 0 Å². The van der Waals surface area contributed by atoms with Gasteiger partial charge < -0.3 is 15.7 Å². The molecule has 0 bridgehead atoms. The van der Waals surface area contributed by atoms with Crippen molar-refractivity contribution < 1.29 is 19.5 Å². The molecule has 0 aromatic rings. The van der Waals surface area contributed by atoms with Gasteiger partial charge in [-0.3, -0.25) is 14.4 Å². The third-order valence-corrected chi connectivity index (χ3v) is 2.43. The Kier molecular flexibility index (Phi) is 8.61. The lowest BCUT2D eigenvalue weighted by Gasteiger charge is -2.12. The van der Waals surface area contributed by atoms with Crippen molar-refractivity contribution in [3.8, 4) is 0 Å². The largest absolute Gasteiger partial charge is 0.481 e. The van der Waals surface area contributed by atoms with Crippen LogP contribution in [0.3, 0.4) is 0 Å². The number of carbonyl (C=O) groups is 3. The van der Waals surface area contributed by atoms with Crippen LogP contribution in [0.2, 0.25) is 0 Å². The molecule has 0 aliphatic rings. The zero-order chi connectivity index (χ0) is 14.0. The zero-order valence-electron chi connectivity index (χ0n) is 11.0. The second-order valence-corrected chi connectivity index (χ2v) is 4.27. The van der Waals surface area contributed by atoms with Gasteiger partial charge in [0.2, 0.25) is 11.8 Å². The van der Waals surface area contributed by atoms with E-state index in [1.54, 1.807) is 6.92 Å². The van der Waals surface area contributed by atoms with Gasteiger partial charge in [-0.2, -0.15) is 0 Å². The van der Waals surface area contributed by atoms with Gasteiger partial charge in [-0.15, -0.1) is 0 Å². The van der Waals surface area contributed by atoms with Gasteiger partial charge in [0, 0.05) is 19.9 Å². The number of carbonyl (C=O) groups excluding carboxylic acids is 2. The number of unbranched alkanes of at least 4 members (excludes halogenated alkanes) is 3. The van der Waals surface area contributed by atoms with Crippen molar-refractivity contribution in [3.63, 3.8) is 0 Å². The summed E-state index contributed by atoms with van der Waals surface area (Å²) in [6.07, 6.45) is 3.43. The molecular weight excluding hydrogens is 236 g/mol. The van der Waals surface area contributed by atoms with Crippen molar-refractivity contribution >= 4 is 17.8 Å². The fraction of sp³-hybridized carbons (Fsp3) is 0.750. The summed E-state index contributed by atoms with van der Waals surface area (Å²) in [4.78, 5) is 32.4. The Morgan fingerprint density at radius 2 is 1.72 bits per heavy atom. The van der Waals surface area contributed by atoms with Crippen LogP contribution in [-0.2, 0) is 14.4 Å². The van der Waals surface area contributed by atoms with Gasteiger partial charge in [-0.05, 0) is 19.8 Å². The van der Waals surface area contributed by atoms with Crippen molar-refractivity contribution in [2.45, 2.75) is 52.0 Å². The third kappa shape index (κ3) is 9.62. The van der Waals surface area contributed by atoms with Crippen molar-refractivity contribution in [3.05, 3.63) is 0 Å². The van der Waals surface area contributed by atoms with Crippen LogP contribution in [0.1, 0.15) is 46.0 Å². The van der Waals surface area contributed by atoms with E-state index in [0.717, 1.165) is 19.3 Å². The number of hydrogen-bond donors (Lipinski definition) is 3. The predicted molar refractivity (Wildman–Crippen MR) is 67.0 cm³/mol. The molecule has 1 unspecified atom stereocenters. The molecule has 0 aliphatic carbocycles. The summed E-state index contributed by atoms with van der Waals surface area (Å²) in [5.74, 6) is -1.20. The smallest absolute Gasteiger partial charge is 0.303 e. The van der Waals surface area contributed by atoms with Crippen LogP contribution < -0.4 is 10.6 Å². The maximum absolute atomic E-state index is 11.5. The highest BCUT2D eigenvalue weighted by Gasteiger charge is 2.12. The molecule has 0 radical (unpaired) electrons. The Balaban J connectivity index is 3.45. The van der Waals surface area contributed by atoms with E-state index in [4.69, 9.17) is 5.11 Å². The van der Waals surface area contributed by atoms with Crippen molar-refractivity contribution in [1.29, 1.82) is 0 Å². The first-order chi connectivity index (χ1) is 8.43. The molecule has 0 heterocycles. The average molecular weight is 258 g/mol. The minimum absolute atomic E-state index is 0.198. The molecule has 0 fully saturated rings. The van der Waals surface area contributed by atoms with Gasteiger partial charge in [-0.25, -0.2) is 0 Å². The molecule has 1 atom stereocenters. The Morgan fingerprint density at radius 1 is 1.11 bits per heavy atom. The quantitative estimate of drug-likeness (QED) is 0.529. The van der Waals surface area contributed by atoms with Gasteiger partial charge in [0.25, 0.3) is 0 Å². The highest BCUT2D eigenvalue weighted by Crippen LogP contribution is 2.02. The number of carboxylic acids is 1. The molecule has 2 amide bonds. The van der Waals surface area contributed by atoms with E-state index in [2.05, 4.69) is 10.6 Å². The van der Waals surface area contributed by atoms with Crippen LogP contribution in [0.25, 0.3) is 0 Å². The molecule has 104 valence electrons. The van der Waals surface area contributed by atoms with Crippen LogP contribution >= 0.6 is 0 Å². The standard InChI is InChI=1S/C12H22N2O4/c1-9(14-10(2)15)12(18)13-8-6-4-3-5-7-11(16)17/h9H,3-8H2,1-2H3,(H,13,18)(H,14,15)(H,16,17). The summed E-state index contributed by atoms with van der Waals surface area (Å²) in [6, 6.07) is -0.519. The van der Waals surface area contributed by atoms with Gasteiger partial charge in [0.1, 0.15) is 6.04 Å². The first-order valence-corrected chi connectivity index (χ1v) is 6.20. The first-order valence-electron chi connectivity index (χ1n) is 6.20. The minimum Gasteiger partial charge on any atom is -0.481 e. The highest BCUT2D eigenvalue weighted by atomic mass is 16.4. The Morgan fingerprint density at radius 3 is 2.28 bits per heavy atom. The molecule has 0 aromatic heterocycles. The summed E-state index contributed by atoms with van der Waals surface area (Å²) in [7, 11) is 0. The van der Waals surface area contributed by atoms with E-state index >= 15 is 0 Å². The molecule has 0 saturated heterocycles. The lowest BCUT2D eigenvalue weighted by molar-refractivity contribution is -0.137. The van der Waals surface area contributed by atoms with Crippen LogP contribution in [0, 0.1) is 0 Å². The third-order valence-electron chi connectivity index (χ3n) is 2.43. The summed E-state index contributed by atoms with van der Waals surface area (Å²) < 4.78 is 0. The van der Waals surface area contributed by atoms with Crippen LogP contribution in [-0.4, -0.2) is 35.5 Å². The Bertz CT molecular complexity index is 292. The monoisotopic (exact) mass is 258 g/mol. The van der Waals surface area contributed by atoms with E-state index in [9.17, 15) is 14.4 Å². The van der Waals surface area contributed by atoms with Gasteiger partial charge >= 0.3 is 5.97 Å². The maximum Gasteiger partial charge on any atom is 0.303 e. The molecule has 3 N–H and O–H groups in total. The molecule has 6 nitrogen and oxygen atoms in total. The summed E-state index contributed by atoms with van der Waals surface area (Å²) >= 11 is 0. The zero-order valence-corrected chi connectivity index (χ0v) is 11.0. The predicted octanol–water partition coefficient (Wildman–Crippen LogP) is 0.662. The average Bonchev–Trinajstić information content (AvgIpc) is 2.26. The van der Waals surface area contributed by atoms with Crippen molar-refractivity contribution in [2.24, 2.45) is 0 Å². The van der Waals surface area contributed by atoms with Crippen molar-refractivity contribution in [1.82, 2.24) is 10.6 Å². The Hall–Kier alpha value is -1.59. The van der Waals surface area contributed by atoms with Crippen molar-refractivity contribution in [2.75, 3.05) is 6.54 Å². The van der Waals surface area contributed by atoms with Gasteiger partial charge in [0.05, 0.1) is 0 Å². The van der Waals surface area contributed by atoms with E-state index in [-0.39, 0.29) is 18.2 Å². The summed E-state index contributed by atoms with van der Waals surface area (Å²) in [5.41, 5.74) is 0. The fourth-order valence-corrected chi connectivity index (χ4v) is 1.49. The number of carboxylic acid groups (broad SMARTS) is 1. The highest BCUT2D eigenvalue weighted by molar-refractivity contribution is 5.86. The number of hydrogen-bond acceptors (Lipinski definition) is 3. The second kappa shape index (κ2) is 9.44. The van der Waals surface area contributed by atoms with Gasteiger partial charge in [-0.1, -0.05) is 12.8 Å². The van der Waals surface area contributed by atoms with Crippen LogP contribution in [0.5, 0.6) is 0 Å². The minimum atomic E-state index is -0.771. The fourth-order valence-electron chi connectivity index (χ4n) is 1.49. The number of aliphatic carboxylic acids is 1. The molecule has 6 heteroatoms. The molecular formula is C12H22N2O4. The van der Waals surface area contributed by atoms with E-state index < -0.39 is 12.0 Å².